The first-order valence-corrected chi connectivity index (χ1v) is 9.18. The van der Waals surface area contributed by atoms with Crippen LogP contribution in [0.25, 0.3) is 0 Å². The topological polar surface area (TPSA) is 86.3 Å². The molecule has 0 aromatic heterocycles. The molecular formula is C18H20NO4S-. The molecule has 0 atom stereocenters. The van der Waals surface area contributed by atoms with E-state index in [0.29, 0.717) is 18.0 Å². The smallest absolute Gasteiger partial charge is 0.261 e. The minimum absolute atomic E-state index is 0.0909. The van der Waals surface area contributed by atoms with Gasteiger partial charge in [-0.3, -0.25) is 4.72 Å². The number of nitrogens with one attached hydrogen (secondary N) is 1. The summed E-state index contributed by atoms with van der Waals surface area (Å²) in [4.78, 5) is 10.6. The fourth-order valence-corrected chi connectivity index (χ4v) is 3.31. The number of sulfonamides is 1. The highest BCUT2D eigenvalue weighted by atomic mass is 32.2. The predicted molar refractivity (Wildman–Crippen MR) is 91.1 cm³/mol. The summed E-state index contributed by atoms with van der Waals surface area (Å²) in [7, 11) is -3.68. The SMILES string of the molecule is CC(C)c1cccc(NS(=O)(=O)c2ccc(CCC(=O)[O-])cc2)c1. The molecule has 0 aliphatic rings. The van der Waals surface area contributed by atoms with Gasteiger partial charge in [0.15, 0.2) is 0 Å². The Morgan fingerprint density at radius 1 is 1.12 bits per heavy atom. The number of carboxylic acid groups (broad SMARTS) is 1. The van der Waals surface area contributed by atoms with Gasteiger partial charge in [0.1, 0.15) is 0 Å². The van der Waals surface area contributed by atoms with E-state index in [9.17, 15) is 18.3 Å². The zero-order valence-corrected chi connectivity index (χ0v) is 14.5. The highest BCUT2D eigenvalue weighted by molar-refractivity contribution is 7.92. The minimum Gasteiger partial charge on any atom is -0.550 e. The van der Waals surface area contributed by atoms with E-state index < -0.39 is 16.0 Å². The molecule has 0 saturated heterocycles. The number of hydrogen-bond donors (Lipinski definition) is 1. The Morgan fingerprint density at radius 3 is 2.38 bits per heavy atom. The van der Waals surface area contributed by atoms with Crippen LogP contribution >= 0.6 is 0 Å². The molecule has 0 spiro atoms. The molecular weight excluding hydrogens is 326 g/mol. The fraction of sp³-hybridized carbons (Fsp3) is 0.278. The summed E-state index contributed by atoms with van der Waals surface area (Å²) < 4.78 is 27.5. The fourth-order valence-electron chi connectivity index (χ4n) is 2.26. The van der Waals surface area contributed by atoms with Gasteiger partial charge in [0, 0.05) is 11.7 Å². The van der Waals surface area contributed by atoms with Crippen molar-refractivity contribution in [3.05, 3.63) is 59.7 Å². The van der Waals surface area contributed by atoms with Crippen molar-refractivity contribution in [3.8, 4) is 0 Å². The van der Waals surface area contributed by atoms with Gasteiger partial charge in [-0.2, -0.15) is 0 Å². The standard InChI is InChI=1S/C18H21NO4S/c1-13(2)15-4-3-5-16(12-15)19-24(22,23)17-9-6-14(7-10-17)8-11-18(20)21/h3-7,9-10,12-13,19H,8,11H2,1-2H3,(H,20,21)/p-1. The van der Waals surface area contributed by atoms with E-state index in [2.05, 4.69) is 4.72 Å². The molecule has 0 aliphatic carbocycles. The first-order valence-electron chi connectivity index (χ1n) is 7.69. The zero-order valence-electron chi connectivity index (χ0n) is 13.7. The van der Waals surface area contributed by atoms with Crippen molar-refractivity contribution in [2.75, 3.05) is 4.72 Å². The van der Waals surface area contributed by atoms with Gasteiger partial charge in [0.2, 0.25) is 0 Å². The van der Waals surface area contributed by atoms with E-state index in [1.54, 1.807) is 18.2 Å². The van der Waals surface area contributed by atoms with Crippen molar-refractivity contribution in [2.24, 2.45) is 0 Å². The van der Waals surface area contributed by atoms with Gasteiger partial charge >= 0.3 is 0 Å². The quantitative estimate of drug-likeness (QED) is 0.833. The highest BCUT2D eigenvalue weighted by Gasteiger charge is 2.14. The molecule has 6 heteroatoms. The van der Waals surface area contributed by atoms with Gasteiger partial charge in [0.25, 0.3) is 10.0 Å². The number of hydrogen-bond acceptors (Lipinski definition) is 4. The second-order valence-electron chi connectivity index (χ2n) is 5.90. The Labute approximate surface area is 142 Å². The summed E-state index contributed by atoms with van der Waals surface area (Å²) in [6, 6.07) is 13.5. The normalized spacial score (nSPS) is 11.5. The molecule has 0 radical (unpaired) electrons. The molecule has 0 bridgehead atoms. The summed E-state index contributed by atoms with van der Waals surface area (Å²) in [6.07, 6.45) is 0.221. The van der Waals surface area contributed by atoms with E-state index >= 15 is 0 Å². The van der Waals surface area contributed by atoms with Crippen LogP contribution in [0.2, 0.25) is 0 Å². The van der Waals surface area contributed by atoms with Crippen LogP contribution in [0.1, 0.15) is 37.3 Å². The summed E-state index contributed by atoms with van der Waals surface area (Å²) in [5.74, 6) is -0.823. The number of carbonyl (C=O) groups is 1. The monoisotopic (exact) mass is 346 g/mol. The van der Waals surface area contributed by atoms with E-state index in [1.807, 2.05) is 32.0 Å². The number of rotatable bonds is 7. The van der Waals surface area contributed by atoms with Crippen LogP contribution < -0.4 is 9.83 Å². The molecule has 2 aromatic rings. The van der Waals surface area contributed by atoms with Crippen molar-refractivity contribution in [1.29, 1.82) is 0 Å². The number of benzene rings is 2. The minimum atomic E-state index is -3.68. The Hall–Kier alpha value is -2.34. The van der Waals surface area contributed by atoms with Crippen LogP contribution in [0.15, 0.2) is 53.4 Å². The lowest BCUT2D eigenvalue weighted by atomic mass is 10.0. The maximum absolute atomic E-state index is 12.4. The van der Waals surface area contributed by atoms with Crippen LogP contribution in [0.4, 0.5) is 5.69 Å². The molecule has 2 rings (SSSR count). The van der Waals surface area contributed by atoms with Crippen LogP contribution in [0.5, 0.6) is 0 Å². The van der Waals surface area contributed by atoms with Crippen LogP contribution in [0, 0.1) is 0 Å². The number of carbonyl (C=O) groups excluding carboxylic acids is 1. The molecule has 1 N–H and O–H groups in total. The lowest BCUT2D eigenvalue weighted by Gasteiger charge is -2.11. The third kappa shape index (κ3) is 4.83. The van der Waals surface area contributed by atoms with Crippen molar-refractivity contribution in [1.82, 2.24) is 0 Å². The average Bonchev–Trinajstić information content (AvgIpc) is 2.53. The molecule has 0 unspecified atom stereocenters. The van der Waals surface area contributed by atoms with Gasteiger partial charge < -0.3 is 9.90 Å². The number of carboxylic acids is 1. The van der Waals surface area contributed by atoms with Gasteiger partial charge in [-0.25, -0.2) is 8.42 Å². The third-order valence-corrected chi connectivity index (χ3v) is 5.05. The molecule has 0 aliphatic heterocycles. The lowest BCUT2D eigenvalue weighted by Crippen LogP contribution is -2.22. The zero-order chi connectivity index (χ0) is 17.7. The van der Waals surface area contributed by atoms with Crippen LogP contribution in [-0.4, -0.2) is 14.4 Å². The summed E-state index contributed by atoms with van der Waals surface area (Å²) >= 11 is 0. The Balaban J connectivity index is 2.15. The van der Waals surface area contributed by atoms with Crippen molar-refractivity contribution in [3.63, 3.8) is 0 Å². The van der Waals surface area contributed by atoms with E-state index in [1.165, 1.54) is 12.1 Å². The summed E-state index contributed by atoms with van der Waals surface area (Å²) in [5, 5.41) is 10.5. The summed E-state index contributed by atoms with van der Waals surface area (Å²) in [5.41, 5.74) is 2.31. The molecule has 5 nitrogen and oxygen atoms in total. The molecule has 2 aromatic carbocycles. The highest BCUT2D eigenvalue weighted by Crippen LogP contribution is 2.21. The number of aryl methyl sites for hydroxylation is 1. The van der Waals surface area contributed by atoms with Gasteiger partial charge in [-0.1, -0.05) is 38.1 Å². The third-order valence-electron chi connectivity index (χ3n) is 3.66. The molecule has 128 valence electrons. The largest absolute Gasteiger partial charge is 0.550 e. The Kier molecular flexibility index (Phi) is 5.62. The first-order chi connectivity index (χ1) is 11.3. The maximum Gasteiger partial charge on any atom is 0.261 e. The van der Waals surface area contributed by atoms with Gasteiger partial charge in [0.05, 0.1) is 4.90 Å². The number of aliphatic carboxylic acids is 1. The lowest BCUT2D eigenvalue weighted by molar-refractivity contribution is -0.305. The second-order valence-corrected chi connectivity index (χ2v) is 7.58. The van der Waals surface area contributed by atoms with Crippen molar-refractivity contribution >= 4 is 21.7 Å². The van der Waals surface area contributed by atoms with E-state index in [-0.39, 0.29) is 11.3 Å². The second kappa shape index (κ2) is 7.49. The Morgan fingerprint density at radius 2 is 1.79 bits per heavy atom. The maximum atomic E-state index is 12.4. The molecule has 0 fully saturated rings. The van der Waals surface area contributed by atoms with Crippen molar-refractivity contribution in [2.45, 2.75) is 37.5 Å². The Bertz CT molecular complexity index is 811. The van der Waals surface area contributed by atoms with E-state index in [0.717, 1.165) is 11.1 Å². The molecule has 0 amide bonds. The van der Waals surface area contributed by atoms with Crippen LogP contribution in [0.3, 0.4) is 0 Å². The van der Waals surface area contributed by atoms with Crippen LogP contribution in [-0.2, 0) is 21.2 Å². The molecule has 0 heterocycles. The summed E-state index contributed by atoms with van der Waals surface area (Å²) in [6.45, 7) is 4.08. The molecule has 24 heavy (non-hydrogen) atoms. The number of anilines is 1. The predicted octanol–water partition coefficient (Wildman–Crippen LogP) is 2.29. The first kappa shape index (κ1) is 18.0. The van der Waals surface area contributed by atoms with Crippen molar-refractivity contribution < 1.29 is 18.3 Å². The average molecular weight is 346 g/mol. The molecule has 0 saturated carbocycles. The van der Waals surface area contributed by atoms with E-state index in [4.69, 9.17) is 0 Å². The van der Waals surface area contributed by atoms with Gasteiger partial charge in [-0.05, 0) is 54.2 Å². The van der Waals surface area contributed by atoms with Gasteiger partial charge in [-0.15, -0.1) is 0 Å².